The molecule has 6 heteroatoms. The number of ether oxygens (including phenoxy) is 1. The molecule has 0 aliphatic rings. The summed E-state index contributed by atoms with van der Waals surface area (Å²) in [6.07, 6.45) is 0.561. The molecule has 0 atom stereocenters. The highest BCUT2D eigenvalue weighted by Crippen LogP contribution is 2.07. The van der Waals surface area contributed by atoms with Gasteiger partial charge in [0, 0.05) is 6.42 Å². The first-order valence-corrected chi connectivity index (χ1v) is 5.96. The van der Waals surface area contributed by atoms with Crippen LogP contribution in [-0.4, -0.2) is 24.3 Å². The summed E-state index contributed by atoms with van der Waals surface area (Å²) < 4.78 is 4.85. The third-order valence-electron chi connectivity index (χ3n) is 2.28. The molecule has 0 bridgehead atoms. The summed E-state index contributed by atoms with van der Waals surface area (Å²) in [5.41, 5.74) is 8.54. The molecule has 0 heterocycles. The molecule has 0 unspecified atom stereocenters. The van der Waals surface area contributed by atoms with Crippen molar-refractivity contribution in [3.05, 3.63) is 35.9 Å². The van der Waals surface area contributed by atoms with Gasteiger partial charge in [-0.1, -0.05) is 30.3 Å². The van der Waals surface area contributed by atoms with Gasteiger partial charge in [-0.15, -0.1) is 0 Å². The molecule has 0 radical (unpaired) electrons. The predicted molar refractivity (Wildman–Crippen MR) is 71.6 cm³/mol. The van der Waals surface area contributed by atoms with E-state index in [1.165, 1.54) is 0 Å². The standard InChI is InChI=1S/C13H17N3O3/c1-2-19-12(17)9-8-11(15-16-13(14)18)10-6-4-3-5-7-10/h3-7H,2,8-9H2,1H3,(H3,14,16,18)/b15-11-. The first-order valence-electron chi connectivity index (χ1n) is 5.96. The lowest BCUT2D eigenvalue weighted by Crippen LogP contribution is -2.26. The summed E-state index contributed by atoms with van der Waals surface area (Å²) in [6, 6.07) is 8.50. The number of rotatable bonds is 6. The number of primary amides is 1. The lowest BCUT2D eigenvalue weighted by atomic mass is 10.1. The van der Waals surface area contributed by atoms with E-state index in [4.69, 9.17) is 10.5 Å². The molecule has 0 aromatic heterocycles. The number of amides is 2. The van der Waals surface area contributed by atoms with E-state index in [2.05, 4.69) is 10.5 Å². The zero-order valence-electron chi connectivity index (χ0n) is 10.8. The number of carbonyl (C=O) groups excluding carboxylic acids is 2. The molecule has 102 valence electrons. The van der Waals surface area contributed by atoms with Gasteiger partial charge in [-0.25, -0.2) is 10.2 Å². The Morgan fingerprint density at radius 3 is 2.53 bits per heavy atom. The number of hydrogen-bond acceptors (Lipinski definition) is 4. The largest absolute Gasteiger partial charge is 0.466 e. The van der Waals surface area contributed by atoms with Gasteiger partial charge in [0.2, 0.25) is 0 Å². The number of hydrazone groups is 1. The number of hydrogen-bond donors (Lipinski definition) is 2. The minimum Gasteiger partial charge on any atom is -0.466 e. The molecule has 0 spiro atoms. The number of nitrogens with one attached hydrogen (secondary N) is 1. The Hall–Kier alpha value is -2.37. The van der Waals surface area contributed by atoms with Crippen LogP contribution in [0, 0.1) is 0 Å². The van der Waals surface area contributed by atoms with Crippen LogP contribution in [0.2, 0.25) is 0 Å². The molecule has 3 N–H and O–H groups in total. The van der Waals surface area contributed by atoms with Crippen LogP contribution in [0.5, 0.6) is 0 Å². The van der Waals surface area contributed by atoms with Gasteiger partial charge >= 0.3 is 12.0 Å². The van der Waals surface area contributed by atoms with E-state index < -0.39 is 6.03 Å². The number of nitrogens with two attached hydrogens (primary N) is 1. The fourth-order valence-corrected chi connectivity index (χ4v) is 1.47. The van der Waals surface area contributed by atoms with Crippen molar-refractivity contribution in [1.82, 2.24) is 5.43 Å². The van der Waals surface area contributed by atoms with Crippen LogP contribution in [-0.2, 0) is 9.53 Å². The molecule has 0 aliphatic heterocycles. The van der Waals surface area contributed by atoms with E-state index in [0.717, 1.165) is 5.56 Å². The third kappa shape index (κ3) is 5.67. The van der Waals surface area contributed by atoms with Crippen molar-refractivity contribution >= 4 is 17.7 Å². The molecule has 1 aromatic carbocycles. The van der Waals surface area contributed by atoms with Crippen LogP contribution in [0.25, 0.3) is 0 Å². The smallest absolute Gasteiger partial charge is 0.332 e. The minimum atomic E-state index is -0.746. The second-order valence-corrected chi connectivity index (χ2v) is 3.71. The zero-order chi connectivity index (χ0) is 14.1. The number of carbonyl (C=O) groups is 2. The molecular formula is C13H17N3O3. The van der Waals surface area contributed by atoms with Gasteiger partial charge in [0.1, 0.15) is 0 Å². The molecule has 0 aliphatic carbocycles. The van der Waals surface area contributed by atoms with E-state index in [1.807, 2.05) is 30.3 Å². The summed E-state index contributed by atoms with van der Waals surface area (Å²) in [4.78, 5) is 22.0. The molecule has 0 fully saturated rings. The Labute approximate surface area is 111 Å². The van der Waals surface area contributed by atoms with Gasteiger partial charge in [0.05, 0.1) is 18.7 Å². The average molecular weight is 263 g/mol. The molecule has 1 aromatic rings. The summed E-state index contributed by atoms with van der Waals surface area (Å²) in [5.74, 6) is -0.301. The monoisotopic (exact) mass is 263 g/mol. The van der Waals surface area contributed by atoms with E-state index in [9.17, 15) is 9.59 Å². The van der Waals surface area contributed by atoms with Crippen LogP contribution >= 0.6 is 0 Å². The number of nitrogens with zero attached hydrogens (tertiary/aromatic N) is 1. The maximum absolute atomic E-state index is 11.3. The normalized spacial score (nSPS) is 10.9. The molecule has 1 rings (SSSR count). The third-order valence-corrected chi connectivity index (χ3v) is 2.28. The van der Waals surface area contributed by atoms with Gasteiger partial charge in [-0.2, -0.15) is 5.10 Å². The maximum Gasteiger partial charge on any atom is 0.332 e. The Morgan fingerprint density at radius 1 is 1.26 bits per heavy atom. The Kier molecular flexibility index (Phi) is 6.08. The number of benzene rings is 1. The highest BCUT2D eigenvalue weighted by molar-refractivity contribution is 6.02. The van der Waals surface area contributed by atoms with Crippen molar-refractivity contribution in [2.24, 2.45) is 10.8 Å². The van der Waals surface area contributed by atoms with Gasteiger partial charge in [0.15, 0.2) is 0 Å². The maximum atomic E-state index is 11.3. The molecule has 6 nitrogen and oxygen atoms in total. The van der Waals surface area contributed by atoms with Crippen molar-refractivity contribution in [3.63, 3.8) is 0 Å². The highest BCUT2D eigenvalue weighted by atomic mass is 16.5. The van der Waals surface area contributed by atoms with E-state index in [0.29, 0.717) is 18.7 Å². The van der Waals surface area contributed by atoms with Gasteiger partial charge < -0.3 is 10.5 Å². The highest BCUT2D eigenvalue weighted by Gasteiger charge is 2.08. The van der Waals surface area contributed by atoms with Crippen LogP contribution < -0.4 is 11.2 Å². The fourth-order valence-electron chi connectivity index (χ4n) is 1.47. The quantitative estimate of drug-likeness (QED) is 0.461. The summed E-state index contributed by atoms with van der Waals surface area (Å²) in [5, 5.41) is 3.91. The van der Waals surface area contributed by atoms with Crippen molar-refractivity contribution in [2.75, 3.05) is 6.61 Å². The van der Waals surface area contributed by atoms with Crippen LogP contribution in [0.15, 0.2) is 35.4 Å². The first kappa shape index (κ1) is 14.7. The average Bonchev–Trinajstić information content (AvgIpc) is 2.40. The number of esters is 1. The minimum absolute atomic E-state index is 0.196. The van der Waals surface area contributed by atoms with Crippen molar-refractivity contribution in [2.45, 2.75) is 19.8 Å². The summed E-state index contributed by atoms with van der Waals surface area (Å²) >= 11 is 0. The van der Waals surface area contributed by atoms with Crippen molar-refractivity contribution in [3.8, 4) is 0 Å². The van der Waals surface area contributed by atoms with E-state index in [-0.39, 0.29) is 12.4 Å². The zero-order valence-corrected chi connectivity index (χ0v) is 10.8. The van der Waals surface area contributed by atoms with E-state index in [1.54, 1.807) is 6.92 Å². The Bertz CT molecular complexity index is 457. The van der Waals surface area contributed by atoms with Gasteiger partial charge in [-0.05, 0) is 12.5 Å². The van der Waals surface area contributed by atoms with Gasteiger partial charge in [-0.3, -0.25) is 4.79 Å². The van der Waals surface area contributed by atoms with Crippen LogP contribution in [0.1, 0.15) is 25.3 Å². The molecule has 0 saturated carbocycles. The molecule has 2 amide bonds. The summed E-state index contributed by atoms with van der Waals surface area (Å²) in [6.45, 7) is 2.09. The van der Waals surface area contributed by atoms with Crippen LogP contribution in [0.4, 0.5) is 4.79 Å². The summed E-state index contributed by atoms with van der Waals surface area (Å²) in [7, 11) is 0. The second kappa shape index (κ2) is 7.86. The first-order chi connectivity index (χ1) is 9.13. The fraction of sp³-hybridized carbons (Fsp3) is 0.308. The lowest BCUT2D eigenvalue weighted by Gasteiger charge is -2.06. The predicted octanol–water partition coefficient (Wildman–Crippen LogP) is 1.40. The number of urea groups is 1. The Balaban J connectivity index is 2.73. The van der Waals surface area contributed by atoms with Crippen LogP contribution in [0.3, 0.4) is 0 Å². The molecule has 0 saturated heterocycles. The van der Waals surface area contributed by atoms with Crippen molar-refractivity contribution < 1.29 is 14.3 Å². The Morgan fingerprint density at radius 2 is 1.95 bits per heavy atom. The van der Waals surface area contributed by atoms with Crippen molar-refractivity contribution in [1.29, 1.82) is 0 Å². The SMILES string of the molecule is CCOC(=O)CC/C(=N/NC(N)=O)c1ccccc1. The van der Waals surface area contributed by atoms with E-state index >= 15 is 0 Å². The topological polar surface area (TPSA) is 93.8 Å². The molecule has 19 heavy (non-hydrogen) atoms. The van der Waals surface area contributed by atoms with Gasteiger partial charge in [0.25, 0.3) is 0 Å². The molecular weight excluding hydrogens is 246 g/mol. The second-order valence-electron chi connectivity index (χ2n) is 3.71. The lowest BCUT2D eigenvalue weighted by molar-refractivity contribution is -0.142.